The molecule has 5 nitrogen and oxygen atoms in total. The second kappa shape index (κ2) is 5.38. The number of hydrogen-bond donors (Lipinski definition) is 1. The lowest BCUT2D eigenvalue weighted by atomic mass is 10.1. The van der Waals surface area contributed by atoms with Crippen LogP contribution in [0.4, 0.5) is 0 Å². The van der Waals surface area contributed by atoms with Gasteiger partial charge in [-0.05, 0) is 19.1 Å². The van der Waals surface area contributed by atoms with Crippen LogP contribution >= 0.6 is 0 Å². The van der Waals surface area contributed by atoms with Crippen molar-refractivity contribution in [2.45, 2.75) is 26.0 Å². The standard InChI is InChI=1S/C15H16N4O/c1-2-19-15(16-10-17-19)9-14(20)13-8-7-11-5-3-4-6-12(11)18-13/h3-8,10,14,20H,2,9H2,1H3. The van der Waals surface area contributed by atoms with Crippen molar-refractivity contribution in [2.75, 3.05) is 0 Å². The molecule has 20 heavy (non-hydrogen) atoms. The Morgan fingerprint density at radius 1 is 1.20 bits per heavy atom. The van der Waals surface area contributed by atoms with Crippen LogP contribution in [0.1, 0.15) is 24.5 Å². The van der Waals surface area contributed by atoms with Gasteiger partial charge < -0.3 is 5.11 Å². The summed E-state index contributed by atoms with van der Waals surface area (Å²) in [6.07, 6.45) is 1.26. The van der Waals surface area contributed by atoms with Crippen LogP contribution in [0.25, 0.3) is 10.9 Å². The second-order valence-electron chi connectivity index (χ2n) is 4.64. The number of aliphatic hydroxyl groups excluding tert-OH is 1. The number of fused-ring (bicyclic) bond motifs is 1. The van der Waals surface area contributed by atoms with Crippen molar-refractivity contribution < 1.29 is 5.11 Å². The SMILES string of the molecule is CCn1ncnc1CC(O)c1ccc2ccccc2n1. The smallest absolute Gasteiger partial charge is 0.138 e. The van der Waals surface area contributed by atoms with Gasteiger partial charge in [0.15, 0.2) is 0 Å². The third-order valence-corrected chi connectivity index (χ3v) is 3.33. The molecule has 1 N–H and O–H groups in total. The summed E-state index contributed by atoms with van der Waals surface area (Å²) in [6, 6.07) is 11.7. The van der Waals surface area contributed by atoms with Crippen molar-refractivity contribution in [3.05, 3.63) is 54.2 Å². The molecule has 2 aromatic heterocycles. The van der Waals surface area contributed by atoms with E-state index in [1.165, 1.54) is 6.33 Å². The number of para-hydroxylation sites is 1. The summed E-state index contributed by atoms with van der Waals surface area (Å²) in [5.41, 5.74) is 1.55. The molecule has 0 aliphatic rings. The molecule has 1 atom stereocenters. The summed E-state index contributed by atoms with van der Waals surface area (Å²) in [4.78, 5) is 8.68. The van der Waals surface area contributed by atoms with Crippen LogP contribution in [0.15, 0.2) is 42.7 Å². The number of aryl methyl sites for hydroxylation is 1. The zero-order valence-electron chi connectivity index (χ0n) is 11.3. The van der Waals surface area contributed by atoms with Gasteiger partial charge in [0.05, 0.1) is 11.2 Å². The molecule has 0 fully saturated rings. The predicted octanol–water partition coefficient (Wildman–Crippen LogP) is 2.12. The minimum Gasteiger partial charge on any atom is -0.386 e. The van der Waals surface area contributed by atoms with E-state index < -0.39 is 6.10 Å². The Hall–Kier alpha value is -2.27. The van der Waals surface area contributed by atoms with E-state index in [0.29, 0.717) is 12.1 Å². The zero-order chi connectivity index (χ0) is 13.9. The first-order chi connectivity index (χ1) is 9.78. The topological polar surface area (TPSA) is 63.8 Å². The van der Waals surface area contributed by atoms with Gasteiger partial charge in [-0.15, -0.1) is 0 Å². The van der Waals surface area contributed by atoms with Gasteiger partial charge in [0.2, 0.25) is 0 Å². The van der Waals surface area contributed by atoms with E-state index in [1.54, 1.807) is 4.68 Å². The van der Waals surface area contributed by atoms with Crippen molar-refractivity contribution in [1.29, 1.82) is 0 Å². The molecule has 1 unspecified atom stereocenters. The highest BCUT2D eigenvalue weighted by Gasteiger charge is 2.14. The van der Waals surface area contributed by atoms with E-state index >= 15 is 0 Å². The fraction of sp³-hybridized carbons (Fsp3) is 0.267. The molecule has 102 valence electrons. The van der Waals surface area contributed by atoms with Gasteiger partial charge in [-0.1, -0.05) is 24.3 Å². The molecule has 1 aromatic carbocycles. The van der Waals surface area contributed by atoms with E-state index in [4.69, 9.17) is 0 Å². The first-order valence-corrected chi connectivity index (χ1v) is 6.68. The maximum atomic E-state index is 10.3. The molecular weight excluding hydrogens is 252 g/mol. The van der Waals surface area contributed by atoms with Gasteiger partial charge >= 0.3 is 0 Å². The fourth-order valence-corrected chi connectivity index (χ4v) is 2.26. The number of pyridine rings is 1. The van der Waals surface area contributed by atoms with E-state index in [2.05, 4.69) is 15.1 Å². The summed E-state index contributed by atoms with van der Waals surface area (Å²) in [5.74, 6) is 0.773. The quantitative estimate of drug-likeness (QED) is 0.787. The minimum absolute atomic E-state index is 0.416. The Morgan fingerprint density at radius 2 is 2.05 bits per heavy atom. The van der Waals surface area contributed by atoms with Crippen LogP contribution in [0.3, 0.4) is 0 Å². The first-order valence-electron chi connectivity index (χ1n) is 6.68. The molecule has 2 heterocycles. The van der Waals surface area contributed by atoms with E-state index in [-0.39, 0.29) is 0 Å². The number of rotatable bonds is 4. The lowest BCUT2D eigenvalue weighted by Crippen LogP contribution is -2.10. The average Bonchev–Trinajstić information content (AvgIpc) is 2.94. The molecule has 0 amide bonds. The molecule has 3 aromatic rings. The number of hydrogen-bond acceptors (Lipinski definition) is 4. The normalized spacial score (nSPS) is 12.7. The number of nitrogens with zero attached hydrogens (tertiary/aromatic N) is 4. The summed E-state index contributed by atoms with van der Waals surface area (Å²) < 4.78 is 1.78. The lowest BCUT2D eigenvalue weighted by Gasteiger charge is -2.11. The van der Waals surface area contributed by atoms with Gasteiger partial charge in [0.25, 0.3) is 0 Å². The van der Waals surface area contributed by atoms with Gasteiger partial charge in [-0.25, -0.2) is 4.98 Å². The van der Waals surface area contributed by atoms with E-state index in [1.807, 2.05) is 43.3 Å². The molecule has 0 bridgehead atoms. The highest BCUT2D eigenvalue weighted by molar-refractivity contribution is 5.78. The third kappa shape index (κ3) is 2.40. The Labute approximate surface area is 116 Å². The van der Waals surface area contributed by atoms with Gasteiger partial charge in [0.1, 0.15) is 18.3 Å². The van der Waals surface area contributed by atoms with Crippen molar-refractivity contribution in [1.82, 2.24) is 19.7 Å². The molecule has 0 spiro atoms. The maximum Gasteiger partial charge on any atom is 0.138 e. The fourth-order valence-electron chi connectivity index (χ4n) is 2.26. The highest BCUT2D eigenvalue weighted by atomic mass is 16.3. The van der Waals surface area contributed by atoms with Crippen molar-refractivity contribution >= 4 is 10.9 Å². The van der Waals surface area contributed by atoms with Gasteiger partial charge in [0, 0.05) is 18.4 Å². The van der Waals surface area contributed by atoms with Crippen molar-refractivity contribution in [2.24, 2.45) is 0 Å². The zero-order valence-corrected chi connectivity index (χ0v) is 11.3. The largest absolute Gasteiger partial charge is 0.386 e. The Kier molecular flexibility index (Phi) is 3.43. The molecule has 0 radical (unpaired) electrons. The number of aliphatic hydroxyl groups is 1. The minimum atomic E-state index is -0.672. The Balaban J connectivity index is 1.86. The van der Waals surface area contributed by atoms with Gasteiger partial charge in [-0.3, -0.25) is 9.67 Å². The summed E-state index contributed by atoms with van der Waals surface area (Å²) in [5, 5.41) is 15.5. The monoisotopic (exact) mass is 268 g/mol. The third-order valence-electron chi connectivity index (χ3n) is 3.33. The Bertz CT molecular complexity index is 722. The first kappa shape index (κ1) is 12.7. The molecular formula is C15H16N4O. The molecule has 0 saturated carbocycles. The number of benzene rings is 1. The van der Waals surface area contributed by atoms with E-state index in [9.17, 15) is 5.11 Å². The van der Waals surface area contributed by atoms with E-state index in [0.717, 1.165) is 23.3 Å². The van der Waals surface area contributed by atoms with Crippen molar-refractivity contribution in [3.8, 4) is 0 Å². The summed E-state index contributed by atoms with van der Waals surface area (Å²) in [6.45, 7) is 2.74. The van der Waals surface area contributed by atoms with Crippen LogP contribution in [0.5, 0.6) is 0 Å². The molecule has 0 aliphatic carbocycles. The lowest BCUT2D eigenvalue weighted by molar-refractivity contribution is 0.169. The van der Waals surface area contributed by atoms with Crippen LogP contribution in [0.2, 0.25) is 0 Å². The van der Waals surface area contributed by atoms with Gasteiger partial charge in [-0.2, -0.15) is 5.10 Å². The van der Waals surface area contributed by atoms with Crippen LogP contribution in [-0.4, -0.2) is 24.9 Å². The van der Waals surface area contributed by atoms with Crippen molar-refractivity contribution in [3.63, 3.8) is 0 Å². The van der Waals surface area contributed by atoms with Crippen LogP contribution in [0, 0.1) is 0 Å². The second-order valence-corrected chi connectivity index (χ2v) is 4.64. The summed E-state index contributed by atoms with van der Waals surface area (Å²) in [7, 11) is 0. The molecule has 5 heteroatoms. The van der Waals surface area contributed by atoms with Crippen LogP contribution < -0.4 is 0 Å². The molecule has 3 rings (SSSR count). The number of aromatic nitrogens is 4. The molecule has 0 saturated heterocycles. The predicted molar refractivity (Wildman–Crippen MR) is 76.1 cm³/mol. The average molecular weight is 268 g/mol. The summed E-state index contributed by atoms with van der Waals surface area (Å²) >= 11 is 0. The maximum absolute atomic E-state index is 10.3. The Morgan fingerprint density at radius 3 is 2.90 bits per heavy atom. The van der Waals surface area contributed by atoms with Crippen LogP contribution in [-0.2, 0) is 13.0 Å². The molecule has 0 aliphatic heterocycles. The highest BCUT2D eigenvalue weighted by Crippen LogP contribution is 2.19.